The van der Waals surface area contributed by atoms with Crippen LogP contribution in [0.5, 0.6) is 0 Å². The summed E-state index contributed by atoms with van der Waals surface area (Å²) in [5.41, 5.74) is 0. The zero-order valence-electron chi connectivity index (χ0n) is 69.1. The summed E-state index contributed by atoms with van der Waals surface area (Å²) in [5, 5.41) is 10.7. The number of phosphoric acid groups is 2. The molecule has 0 saturated carbocycles. The highest BCUT2D eigenvalue weighted by Gasteiger charge is 2.30. The molecule has 0 radical (unpaired) electrons. The Kier molecular flexibility index (Phi) is 77.4. The molecule has 17 nitrogen and oxygen atoms in total. The molecule has 0 spiro atoms. The minimum absolute atomic E-state index is 0.0851. The quantitative estimate of drug-likeness (QED) is 0.0169. The number of hydrogen-bond donors (Lipinski definition) is 3. The van der Waals surface area contributed by atoms with Crippen molar-refractivity contribution in [2.24, 2.45) is 5.92 Å². The normalized spacial score (nSPS) is 14.2. The Hall–Kier alpha value is -2.46. The number of aliphatic hydroxyl groups excluding tert-OH is 1. The van der Waals surface area contributed by atoms with Crippen LogP contribution in [0.1, 0.15) is 446 Å². The fourth-order valence-electron chi connectivity index (χ4n) is 13.1. The number of hydrogen-bond acceptors (Lipinski definition) is 15. The Bertz CT molecular complexity index is 2110. The van der Waals surface area contributed by atoms with Crippen molar-refractivity contribution in [1.82, 2.24) is 0 Å². The van der Waals surface area contributed by atoms with Crippen LogP contribution in [0.3, 0.4) is 0 Å². The van der Waals surface area contributed by atoms with Crippen LogP contribution >= 0.6 is 15.6 Å². The summed E-state index contributed by atoms with van der Waals surface area (Å²) in [6.45, 7) is 7.30. The van der Waals surface area contributed by atoms with Gasteiger partial charge in [0.1, 0.15) is 19.3 Å². The Morgan fingerprint density at radius 3 is 0.802 bits per heavy atom. The molecule has 6 atom stereocenters. The number of carbonyl (C=O) groups is 4. The van der Waals surface area contributed by atoms with Gasteiger partial charge in [0.25, 0.3) is 0 Å². The van der Waals surface area contributed by atoms with Crippen LogP contribution in [0.25, 0.3) is 0 Å². The van der Waals surface area contributed by atoms with Gasteiger partial charge in [-0.1, -0.05) is 393 Å². The molecule has 626 valence electrons. The molecule has 106 heavy (non-hydrogen) atoms. The third-order valence-electron chi connectivity index (χ3n) is 20.3. The Morgan fingerprint density at radius 2 is 0.528 bits per heavy atom. The molecule has 0 amide bonds. The van der Waals surface area contributed by atoms with E-state index in [2.05, 4.69) is 58.9 Å². The van der Waals surface area contributed by atoms with E-state index in [1.807, 2.05) is 0 Å². The molecule has 0 saturated heterocycles. The second-order valence-corrected chi connectivity index (χ2v) is 33.7. The van der Waals surface area contributed by atoms with Gasteiger partial charge < -0.3 is 33.8 Å². The molecule has 0 aromatic carbocycles. The van der Waals surface area contributed by atoms with E-state index in [0.29, 0.717) is 25.7 Å². The highest BCUT2D eigenvalue weighted by Crippen LogP contribution is 2.45. The first kappa shape index (κ1) is 104. The van der Waals surface area contributed by atoms with Crippen LogP contribution in [0, 0.1) is 5.92 Å². The summed E-state index contributed by atoms with van der Waals surface area (Å²) in [6.07, 6.45) is 75.8. The molecule has 0 aliphatic heterocycles. The SMILES string of the molecule is CCCCCC/C=C\C=C/CCCCCCCC(=O)O[C@H](COC(=O)CCCCCCCCCCC(C)CC)COP(=O)(O)OC[C@H](O)COP(=O)(O)OC[C@@H](COC(=O)CCCCCCCCCCCCCCCCCCC)OC(=O)CCCCCCCCCCCCCCCCCCCCCCCC. The molecule has 0 rings (SSSR count). The molecule has 0 bridgehead atoms. The van der Waals surface area contributed by atoms with Gasteiger partial charge in [-0.2, -0.15) is 0 Å². The summed E-state index contributed by atoms with van der Waals surface area (Å²) in [5.74, 6) is -1.36. The molecule has 3 unspecified atom stereocenters. The Balaban J connectivity index is 5.27. The highest BCUT2D eigenvalue weighted by molar-refractivity contribution is 7.47. The molecular weight excluding hydrogens is 1380 g/mol. The first-order valence-corrected chi connectivity index (χ1v) is 47.5. The van der Waals surface area contributed by atoms with Crippen molar-refractivity contribution in [2.45, 2.75) is 464 Å². The highest BCUT2D eigenvalue weighted by atomic mass is 31.2. The van der Waals surface area contributed by atoms with Crippen LogP contribution in [-0.4, -0.2) is 96.7 Å². The number of unbranched alkanes of at least 4 members (excludes halogenated alkanes) is 53. The lowest BCUT2D eigenvalue weighted by Crippen LogP contribution is -2.30. The molecule has 0 aliphatic rings. The van der Waals surface area contributed by atoms with Crippen LogP contribution < -0.4 is 0 Å². The second-order valence-electron chi connectivity index (χ2n) is 30.8. The lowest BCUT2D eigenvalue weighted by Gasteiger charge is -2.21. The van der Waals surface area contributed by atoms with Crippen molar-refractivity contribution < 1.29 is 80.2 Å². The average Bonchev–Trinajstić information content (AvgIpc) is 0.901. The number of allylic oxidation sites excluding steroid dienone is 4. The maximum Gasteiger partial charge on any atom is 0.472 e. The predicted molar refractivity (Wildman–Crippen MR) is 437 cm³/mol. The minimum atomic E-state index is -4.97. The number of carbonyl (C=O) groups excluding carboxylic acids is 4. The molecule has 3 N–H and O–H groups in total. The first-order chi connectivity index (χ1) is 51.6. The molecule has 0 fully saturated rings. The lowest BCUT2D eigenvalue weighted by molar-refractivity contribution is -0.161. The number of esters is 4. The zero-order valence-corrected chi connectivity index (χ0v) is 70.9. The van der Waals surface area contributed by atoms with Gasteiger partial charge in [0.2, 0.25) is 0 Å². The van der Waals surface area contributed by atoms with Gasteiger partial charge in [0, 0.05) is 25.7 Å². The Morgan fingerprint density at radius 1 is 0.302 bits per heavy atom. The topological polar surface area (TPSA) is 237 Å². The van der Waals surface area contributed by atoms with E-state index in [0.717, 1.165) is 109 Å². The van der Waals surface area contributed by atoms with E-state index < -0.39 is 97.5 Å². The maximum atomic E-state index is 13.2. The van der Waals surface area contributed by atoms with Crippen molar-refractivity contribution in [2.75, 3.05) is 39.6 Å². The summed E-state index contributed by atoms with van der Waals surface area (Å²) in [6, 6.07) is 0. The van der Waals surface area contributed by atoms with Gasteiger partial charge in [-0.3, -0.25) is 37.3 Å². The average molecular weight is 1550 g/mol. The monoisotopic (exact) mass is 1550 g/mol. The van der Waals surface area contributed by atoms with Gasteiger partial charge in [-0.15, -0.1) is 0 Å². The standard InChI is InChI=1S/C87H166O17P2/c1-6-10-13-16-19-22-25-28-31-33-34-35-36-37-39-42-45-48-51-58-63-68-73-86(91)103-82(76-97-84(89)70-65-60-55-49-46-43-41-38-32-29-26-23-20-17-14-11-7-2)78-101-105(93,94)99-74-81(88)75-100-106(95,96)102-79-83(77-98-85(90)71-66-61-56-53-52-54-59-64-69-80(5)9-4)104-87(92)72-67-62-57-50-47-44-40-30-27-24-21-18-15-12-8-3/h24,27,30,40,80-83,88H,6-23,25-26,28-29,31-39,41-79H2,1-5H3,(H,93,94)(H,95,96)/b27-24-,40-30-/t80?,81-,82-,83-/m1/s1. The fraction of sp³-hybridized carbons (Fsp3) is 0.908. The summed E-state index contributed by atoms with van der Waals surface area (Å²) < 4.78 is 68.9. The first-order valence-electron chi connectivity index (χ1n) is 44.5. The smallest absolute Gasteiger partial charge is 0.462 e. The molecular formula is C87H166O17P2. The van der Waals surface area contributed by atoms with E-state index in [1.165, 1.54) is 257 Å². The maximum absolute atomic E-state index is 13.2. The summed E-state index contributed by atoms with van der Waals surface area (Å²) in [4.78, 5) is 73.2. The van der Waals surface area contributed by atoms with Gasteiger partial charge >= 0.3 is 39.5 Å². The predicted octanol–water partition coefficient (Wildman–Crippen LogP) is 26.3. The van der Waals surface area contributed by atoms with Crippen molar-refractivity contribution in [3.63, 3.8) is 0 Å². The van der Waals surface area contributed by atoms with Gasteiger partial charge in [-0.25, -0.2) is 9.13 Å². The van der Waals surface area contributed by atoms with Gasteiger partial charge in [0.05, 0.1) is 26.4 Å². The molecule has 0 aromatic rings. The minimum Gasteiger partial charge on any atom is -0.462 e. The Labute approximate surface area is 650 Å². The van der Waals surface area contributed by atoms with Crippen LogP contribution in [-0.2, 0) is 65.4 Å². The summed E-state index contributed by atoms with van der Waals surface area (Å²) in [7, 11) is -9.94. The van der Waals surface area contributed by atoms with E-state index >= 15 is 0 Å². The van der Waals surface area contributed by atoms with Crippen molar-refractivity contribution in [1.29, 1.82) is 0 Å². The van der Waals surface area contributed by atoms with Gasteiger partial charge in [-0.05, 0) is 57.3 Å². The van der Waals surface area contributed by atoms with Crippen molar-refractivity contribution >= 4 is 39.5 Å². The van der Waals surface area contributed by atoms with Crippen molar-refractivity contribution in [3.05, 3.63) is 24.3 Å². The second kappa shape index (κ2) is 79.2. The van der Waals surface area contributed by atoms with E-state index in [1.54, 1.807) is 0 Å². The number of aliphatic hydroxyl groups is 1. The number of rotatable bonds is 85. The van der Waals surface area contributed by atoms with Crippen molar-refractivity contribution in [3.8, 4) is 0 Å². The molecule has 19 heteroatoms. The van der Waals surface area contributed by atoms with Crippen LogP contribution in [0.4, 0.5) is 0 Å². The molecule has 0 heterocycles. The lowest BCUT2D eigenvalue weighted by atomic mass is 9.99. The zero-order chi connectivity index (χ0) is 77.6. The molecule has 0 aromatic heterocycles. The number of phosphoric ester groups is 2. The van der Waals surface area contributed by atoms with E-state index in [4.69, 9.17) is 37.0 Å². The number of ether oxygens (including phenoxy) is 4. The summed E-state index contributed by atoms with van der Waals surface area (Å²) >= 11 is 0. The third-order valence-corrected chi connectivity index (χ3v) is 22.2. The van der Waals surface area contributed by atoms with Gasteiger partial charge in [0.15, 0.2) is 12.2 Å². The fourth-order valence-corrected chi connectivity index (χ4v) is 14.7. The van der Waals surface area contributed by atoms with Crippen LogP contribution in [0.15, 0.2) is 24.3 Å². The largest absolute Gasteiger partial charge is 0.472 e. The third kappa shape index (κ3) is 78.2. The van der Waals surface area contributed by atoms with E-state index in [-0.39, 0.29) is 25.7 Å². The molecule has 0 aliphatic carbocycles. The van der Waals surface area contributed by atoms with E-state index in [9.17, 15) is 43.2 Å². The van der Waals surface area contributed by atoms with Crippen LogP contribution in [0.2, 0.25) is 0 Å².